The van der Waals surface area contributed by atoms with Crippen molar-refractivity contribution in [3.8, 4) is 0 Å². The van der Waals surface area contributed by atoms with E-state index in [-0.39, 0.29) is 23.1 Å². The molecule has 4 nitrogen and oxygen atoms in total. The minimum Gasteiger partial charge on any atom is -0.325 e. The van der Waals surface area contributed by atoms with Gasteiger partial charge in [-0.15, -0.1) is 23.4 Å². The number of halogens is 1. The van der Waals surface area contributed by atoms with Crippen molar-refractivity contribution in [3.63, 3.8) is 0 Å². The monoisotopic (exact) mass is 388 g/mol. The van der Waals surface area contributed by atoms with Crippen LogP contribution in [0.1, 0.15) is 36.3 Å². The Kier molecular flexibility index (Phi) is 5.89. The fraction of sp³-hybridized carbons (Fsp3) is 0.300. The predicted octanol–water partition coefficient (Wildman–Crippen LogP) is 4.77. The molecule has 2 amide bonds. The molecule has 6 heteroatoms. The van der Waals surface area contributed by atoms with E-state index in [2.05, 4.69) is 31.3 Å². The third-order valence-corrected chi connectivity index (χ3v) is 5.76. The summed E-state index contributed by atoms with van der Waals surface area (Å²) in [7, 11) is 0. The number of carbonyl (C=O) groups is 2. The Hall–Kier alpha value is -1.98. The lowest BCUT2D eigenvalue weighted by Gasteiger charge is -2.25. The van der Waals surface area contributed by atoms with Gasteiger partial charge in [0.1, 0.15) is 11.3 Å². The number of benzene rings is 2. The summed E-state index contributed by atoms with van der Waals surface area (Å²) in [5.41, 5.74) is 3.89. The first-order valence-corrected chi connectivity index (χ1v) is 10.1. The average molecular weight is 389 g/mol. The standard InChI is InChI=1S/C20H21ClN2O2S/c1-13(2)14-5-9-17(10-6-14)23-19(25)12-26-20(23)15-3-7-16(8-4-15)22-18(24)11-21/h3-10,13,20H,11-12H2,1-2H3,(H,22,24)/t20-/m0/s1. The lowest BCUT2D eigenvalue weighted by molar-refractivity contribution is -0.116. The Morgan fingerprint density at radius 3 is 2.42 bits per heavy atom. The van der Waals surface area contributed by atoms with Gasteiger partial charge in [0, 0.05) is 11.4 Å². The van der Waals surface area contributed by atoms with Crippen LogP contribution >= 0.6 is 23.4 Å². The Balaban J connectivity index is 1.82. The van der Waals surface area contributed by atoms with Gasteiger partial charge in [-0.05, 0) is 41.3 Å². The molecular weight excluding hydrogens is 368 g/mol. The number of alkyl halides is 1. The van der Waals surface area contributed by atoms with Gasteiger partial charge in [-0.3, -0.25) is 14.5 Å². The van der Waals surface area contributed by atoms with Gasteiger partial charge in [-0.25, -0.2) is 0 Å². The second kappa shape index (κ2) is 8.14. The van der Waals surface area contributed by atoms with Crippen molar-refractivity contribution >= 4 is 46.6 Å². The zero-order chi connectivity index (χ0) is 18.7. The van der Waals surface area contributed by atoms with Crippen molar-refractivity contribution in [1.82, 2.24) is 0 Å². The molecular formula is C20H21ClN2O2S. The number of nitrogens with zero attached hydrogens (tertiary/aromatic N) is 1. The van der Waals surface area contributed by atoms with E-state index in [4.69, 9.17) is 11.6 Å². The number of hydrogen-bond acceptors (Lipinski definition) is 3. The van der Waals surface area contributed by atoms with Crippen LogP contribution in [0.15, 0.2) is 48.5 Å². The number of nitrogens with one attached hydrogen (secondary N) is 1. The molecule has 26 heavy (non-hydrogen) atoms. The Morgan fingerprint density at radius 2 is 1.85 bits per heavy atom. The van der Waals surface area contributed by atoms with Gasteiger partial charge in [0.2, 0.25) is 11.8 Å². The highest BCUT2D eigenvalue weighted by Gasteiger charge is 2.34. The van der Waals surface area contributed by atoms with Crippen molar-refractivity contribution in [2.75, 3.05) is 21.8 Å². The van der Waals surface area contributed by atoms with Gasteiger partial charge in [-0.2, -0.15) is 0 Å². The van der Waals surface area contributed by atoms with Gasteiger partial charge in [-0.1, -0.05) is 38.1 Å². The molecule has 0 aliphatic carbocycles. The van der Waals surface area contributed by atoms with E-state index < -0.39 is 0 Å². The SMILES string of the molecule is CC(C)c1ccc(N2C(=O)CS[C@H]2c2ccc(NC(=O)CCl)cc2)cc1. The van der Waals surface area contributed by atoms with Crippen LogP contribution < -0.4 is 10.2 Å². The van der Waals surface area contributed by atoms with E-state index in [9.17, 15) is 9.59 Å². The molecule has 0 spiro atoms. The molecule has 3 rings (SSSR count). The van der Waals surface area contributed by atoms with Crippen molar-refractivity contribution in [2.24, 2.45) is 0 Å². The van der Waals surface area contributed by atoms with Gasteiger partial charge < -0.3 is 5.32 Å². The number of hydrogen-bond donors (Lipinski definition) is 1. The third kappa shape index (κ3) is 4.05. The minimum atomic E-state index is -0.239. The molecule has 1 saturated heterocycles. The maximum absolute atomic E-state index is 12.5. The molecule has 1 heterocycles. The smallest absolute Gasteiger partial charge is 0.239 e. The maximum Gasteiger partial charge on any atom is 0.239 e. The van der Waals surface area contributed by atoms with E-state index in [0.717, 1.165) is 11.3 Å². The first-order valence-electron chi connectivity index (χ1n) is 8.49. The number of anilines is 2. The van der Waals surface area contributed by atoms with Crippen LogP contribution in [0, 0.1) is 0 Å². The van der Waals surface area contributed by atoms with Crippen LogP contribution in [0.25, 0.3) is 0 Å². The fourth-order valence-electron chi connectivity index (χ4n) is 2.90. The highest BCUT2D eigenvalue weighted by atomic mass is 35.5. The number of rotatable bonds is 5. The summed E-state index contributed by atoms with van der Waals surface area (Å²) in [6, 6.07) is 15.7. The van der Waals surface area contributed by atoms with Crippen LogP contribution in [0.2, 0.25) is 0 Å². The van der Waals surface area contributed by atoms with Crippen LogP contribution in [0.4, 0.5) is 11.4 Å². The summed E-state index contributed by atoms with van der Waals surface area (Å²) in [6.45, 7) is 4.30. The molecule has 1 fully saturated rings. The molecule has 1 aliphatic heterocycles. The fourth-order valence-corrected chi connectivity index (χ4v) is 4.14. The van der Waals surface area contributed by atoms with E-state index in [1.54, 1.807) is 11.8 Å². The van der Waals surface area contributed by atoms with Gasteiger partial charge in [0.15, 0.2) is 0 Å². The quantitative estimate of drug-likeness (QED) is 0.751. The van der Waals surface area contributed by atoms with E-state index in [0.29, 0.717) is 17.4 Å². The summed E-state index contributed by atoms with van der Waals surface area (Å²) < 4.78 is 0. The maximum atomic E-state index is 12.5. The lowest BCUT2D eigenvalue weighted by Crippen LogP contribution is -2.27. The van der Waals surface area contributed by atoms with Gasteiger partial charge >= 0.3 is 0 Å². The van der Waals surface area contributed by atoms with E-state index in [1.807, 2.05) is 41.3 Å². The van der Waals surface area contributed by atoms with Crippen LogP contribution in [-0.2, 0) is 9.59 Å². The van der Waals surface area contributed by atoms with Gasteiger partial charge in [0.25, 0.3) is 0 Å². The normalized spacial score (nSPS) is 17.0. The molecule has 0 bridgehead atoms. The summed E-state index contributed by atoms with van der Waals surface area (Å²) >= 11 is 7.12. The minimum absolute atomic E-state index is 0.0646. The second-order valence-corrected chi connectivity index (χ2v) is 7.81. The van der Waals surface area contributed by atoms with Crippen LogP contribution in [-0.4, -0.2) is 23.4 Å². The van der Waals surface area contributed by atoms with Crippen molar-refractivity contribution in [3.05, 3.63) is 59.7 Å². The molecule has 0 unspecified atom stereocenters. The number of thioether (sulfide) groups is 1. The van der Waals surface area contributed by atoms with Crippen molar-refractivity contribution in [1.29, 1.82) is 0 Å². The average Bonchev–Trinajstić information content (AvgIpc) is 3.03. The Labute approximate surface area is 162 Å². The van der Waals surface area contributed by atoms with Crippen LogP contribution in [0.3, 0.4) is 0 Å². The van der Waals surface area contributed by atoms with Crippen molar-refractivity contribution < 1.29 is 9.59 Å². The molecule has 1 atom stereocenters. The molecule has 2 aromatic rings. The molecule has 0 radical (unpaired) electrons. The summed E-state index contributed by atoms with van der Waals surface area (Å²) in [6.07, 6.45) is 0. The molecule has 1 aliphatic rings. The molecule has 0 saturated carbocycles. The van der Waals surface area contributed by atoms with Crippen molar-refractivity contribution in [2.45, 2.75) is 25.1 Å². The Bertz CT molecular complexity index is 790. The Morgan fingerprint density at radius 1 is 1.19 bits per heavy atom. The predicted molar refractivity (Wildman–Crippen MR) is 109 cm³/mol. The summed E-state index contributed by atoms with van der Waals surface area (Å²) in [4.78, 5) is 25.7. The highest BCUT2D eigenvalue weighted by Crippen LogP contribution is 2.42. The summed E-state index contributed by atoms with van der Waals surface area (Å²) in [5, 5.41) is 2.65. The first-order chi connectivity index (χ1) is 12.5. The third-order valence-electron chi connectivity index (χ3n) is 4.31. The number of carbonyl (C=O) groups excluding carboxylic acids is 2. The second-order valence-electron chi connectivity index (χ2n) is 6.48. The topological polar surface area (TPSA) is 49.4 Å². The molecule has 136 valence electrons. The van der Waals surface area contributed by atoms with Crippen LogP contribution in [0.5, 0.6) is 0 Å². The molecule has 0 aromatic heterocycles. The van der Waals surface area contributed by atoms with E-state index in [1.165, 1.54) is 5.56 Å². The summed E-state index contributed by atoms with van der Waals surface area (Å²) in [5.74, 6) is 0.712. The zero-order valence-electron chi connectivity index (χ0n) is 14.7. The van der Waals surface area contributed by atoms with E-state index >= 15 is 0 Å². The largest absolute Gasteiger partial charge is 0.325 e. The lowest BCUT2D eigenvalue weighted by atomic mass is 10.0. The molecule has 2 aromatic carbocycles. The first kappa shape index (κ1) is 18.8. The van der Waals surface area contributed by atoms with Gasteiger partial charge in [0.05, 0.1) is 5.75 Å². The number of amides is 2. The zero-order valence-corrected chi connectivity index (χ0v) is 16.3. The highest BCUT2D eigenvalue weighted by molar-refractivity contribution is 8.00. The molecule has 1 N–H and O–H groups in total.